The second-order valence-electron chi connectivity index (χ2n) is 2.91. The van der Waals surface area contributed by atoms with Gasteiger partial charge < -0.3 is 5.73 Å². The van der Waals surface area contributed by atoms with E-state index in [1.807, 2.05) is 6.07 Å². The van der Waals surface area contributed by atoms with E-state index in [-0.39, 0.29) is 0 Å². The maximum atomic E-state index is 8.84. The van der Waals surface area contributed by atoms with Gasteiger partial charge in [-0.05, 0) is 23.1 Å². The SMILES string of the molecule is N#Cc1ccc2scc(CBr)c2c1N. The quantitative estimate of drug-likeness (QED) is 0.637. The van der Waals surface area contributed by atoms with Gasteiger partial charge in [0.05, 0.1) is 11.3 Å². The van der Waals surface area contributed by atoms with E-state index in [2.05, 4.69) is 27.4 Å². The molecule has 0 saturated carbocycles. The van der Waals surface area contributed by atoms with Crippen LogP contribution in [0.5, 0.6) is 0 Å². The lowest BCUT2D eigenvalue weighted by molar-refractivity contribution is 1.49. The lowest BCUT2D eigenvalue weighted by atomic mass is 10.1. The van der Waals surface area contributed by atoms with E-state index in [0.717, 1.165) is 21.0 Å². The fraction of sp³-hybridized carbons (Fsp3) is 0.100. The Morgan fingerprint density at radius 2 is 2.29 bits per heavy atom. The van der Waals surface area contributed by atoms with Crippen molar-refractivity contribution in [1.29, 1.82) is 5.26 Å². The van der Waals surface area contributed by atoms with E-state index in [1.165, 1.54) is 0 Å². The molecule has 0 radical (unpaired) electrons. The van der Waals surface area contributed by atoms with Crippen molar-refractivity contribution in [3.63, 3.8) is 0 Å². The fourth-order valence-electron chi connectivity index (χ4n) is 1.42. The van der Waals surface area contributed by atoms with Gasteiger partial charge in [-0.2, -0.15) is 5.26 Å². The van der Waals surface area contributed by atoms with Crippen molar-refractivity contribution in [3.05, 3.63) is 28.6 Å². The molecule has 0 bridgehead atoms. The molecule has 0 spiro atoms. The normalized spacial score (nSPS) is 10.3. The molecule has 1 heterocycles. The zero-order chi connectivity index (χ0) is 10.1. The number of alkyl halides is 1. The zero-order valence-electron chi connectivity index (χ0n) is 7.25. The number of benzene rings is 1. The van der Waals surface area contributed by atoms with Crippen molar-refractivity contribution in [2.24, 2.45) is 0 Å². The molecule has 2 N–H and O–H groups in total. The summed E-state index contributed by atoms with van der Waals surface area (Å²) in [6, 6.07) is 5.81. The van der Waals surface area contributed by atoms with Crippen LogP contribution in [0.1, 0.15) is 11.1 Å². The first-order valence-electron chi connectivity index (χ1n) is 4.02. The Morgan fingerprint density at radius 1 is 1.50 bits per heavy atom. The van der Waals surface area contributed by atoms with Crippen LogP contribution >= 0.6 is 27.3 Å². The van der Waals surface area contributed by atoms with Crippen LogP contribution in [0, 0.1) is 11.3 Å². The standard InChI is InChI=1S/C10H7BrN2S/c11-3-7-5-14-8-2-1-6(4-12)10(13)9(7)8/h1-2,5H,3,13H2. The molecule has 0 aliphatic heterocycles. The summed E-state index contributed by atoms with van der Waals surface area (Å²) in [7, 11) is 0. The Morgan fingerprint density at radius 3 is 2.93 bits per heavy atom. The molecule has 2 rings (SSSR count). The molecule has 2 aromatic rings. The van der Waals surface area contributed by atoms with Gasteiger partial charge in [0.1, 0.15) is 6.07 Å². The summed E-state index contributed by atoms with van der Waals surface area (Å²) < 4.78 is 1.14. The summed E-state index contributed by atoms with van der Waals surface area (Å²) in [4.78, 5) is 0. The Bertz CT molecular complexity index is 525. The Balaban J connectivity index is 2.85. The predicted molar refractivity (Wildman–Crippen MR) is 63.6 cm³/mol. The van der Waals surface area contributed by atoms with Gasteiger partial charge in [0.15, 0.2) is 0 Å². The highest BCUT2D eigenvalue weighted by molar-refractivity contribution is 9.08. The minimum atomic E-state index is 0.554. The van der Waals surface area contributed by atoms with E-state index >= 15 is 0 Å². The van der Waals surface area contributed by atoms with Crippen LogP contribution in [0.3, 0.4) is 0 Å². The Labute approximate surface area is 94.1 Å². The van der Waals surface area contributed by atoms with E-state index in [4.69, 9.17) is 11.0 Å². The Kier molecular flexibility index (Phi) is 2.44. The monoisotopic (exact) mass is 266 g/mol. The second-order valence-corrected chi connectivity index (χ2v) is 4.38. The first-order valence-corrected chi connectivity index (χ1v) is 6.02. The highest BCUT2D eigenvalue weighted by Gasteiger charge is 2.09. The number of hydrogen-bond donors (Lipinski definition) is 1. The summed E-state index contributed by atoms with van der Waals surface area (Å²) in [5, 5.41) is 12.7. The minimum absolute atomic E-state index is 0.554. The number of thiophene rings is 1. The number of fused-ring (bicyclic) bond motifs is 1. The third kappa shape index (κ3) is 1.29. The molecule has 1 aromatic heterocycles. The molecular weight excluding hydrogens is 260 g/mol. The van der Waals surface area contributed by atoms with Crippen LogP contribution in [-0.2, 0) is 5.33 Å². The van der Waals surface area contributed by atoms with Gasteiger partial charge in [-0.25, -0.2) is 0 Å². The number of nitriles is 1. The highest BCUT2D eigenvalue weighted by atomic mass is 79.9. The molecule has 0 aliphatic carbocycles. The molecular formula is C10H7BrN2S. The van der Waals surface area contributed by atoms with Crippen LogP contribution in [0.4, 0.5) is 5.69 Å². The van der Waals surface area contributed by atoms with Gasteiger partial charge in [0.2, 0.25) is 0 Å². The van der Waals surface area contributed by atoms with Crippen molar-refractivity contribution in [1.82, 2.24) is 0 Å². The Hall–Kier alpha value is -1.05. The fourth-order valence-corrected chi connectivity index (χ4v) is 3.05. The molecule has 0 amide bonds. The van der Waals surface area contributed by atoms with Gasteiger partial charge in [0.25, 0.3) is 0 Å². The van der Waals surface area contributed by atoms with E-state index < -0.39 is 0 Å². The van der Waals surface area contributed by atoms with Crippen molar-refractivity contribution in [3.8, 4) is 6.07 Å². The van der Waals surface area contributed by atoms with Crippen molar-refractivity contribution < 1.29 is 0 Å². The number of rotatable bonds is 1. The number of nitrogens with zero attached hydrogens (tertiary/aromatic N) is 1. The largest absolute Gasteiger partial charge is 0.397 e. The average molecular weight is 267 g/mol. The summed E-state index contributed by atoms with van der Waals surface area (Å²) >= 11 is 5.06. The summed E-state index contributed by atoms with van der Waals surface area (Å²) in [6.45, 7) is 0. The van der Waals surface area contributed by atoms with Crippen molar-refractivity contribution in [2.75, 3.05) is 5.73 Å². The smallest absolute Gasteiger partial charge is 0.101 e. The molecule has 0 fully saturated rings. The van der Waals surface area contributed by atoms with Crippen LogP contribution in [0.25, 0.3) is 10.1 Å². The van der Waals surface area contributed by atoms with Gasteiger partial charge in [-0.15, -0.1) is 11.3 Å². The van der Waals surface area contributed by atoms with Gasteiger partial charge in [-0.1, -0.05) is 15.9 Å². The molecule has 0 saturated heterocycles. The molecule has 1 aromatic carbocycles. The van der Waals surface area contributed by atoms with Crippen molar-refractivity contribution in [2.45, 2.75) is 5.33 Å². The van der Waals surface area contributed by atoms with Gasteiger partial charge in [-0.3, -0.25) is 0 Å². The highest BCUT2D eigenvalue weighted by Crippen LogP contribution is 2.33. The maximum Gasteiger partial charge on any atom is 0.101 e. The second kappa shape index (κ2) is 3.60. The number of nitrogens with two attached hydrogens (primary N) is 1. The number of halogens is 1. The molecule has 0 unspecified atom stereocenters. The lowest BCUT2D eigenvalue weighted by Gasteiger charge is -2.00. The van der Waals surface area contributed by atoms with Gasteiger partial charge >= 0.3 is 0 Å². The molecule has 0 atom stereocenters. The van der Waals surface area contributed by atoms with Gasteiger partial charge in [0, 0.05) is 15.4 Å². The van der Waals surface area contributed by atoms with Crippen LogP contribution in [0.2, 0.25) is 0 Å². The number of nitrogen functional groups attached to an aromatic ring is 1. The molecule has 70 valence electrons. The number of anilines is 1. The molecule has 14 heavy (non-hydrogen) atoms. The van der Waals surface area contributed by atoms with Crippen molar-refractivity contribution >= 4 is 43.0 Å². The predicted octanol–water partition coefficient (Wildman–Crippen LogP) is 3.25. The molecule has 2 nitrogen and oxygen atoms in total. The maximum absolute atomic E-state index is 8.84. The number of hydrogen-bond acceptors (Lipinski definition) is 3. The third-order valence-electron chi connectivity index (χ3n) is 2.12. The van der Waals surface area contributed by atoms with E-state index in [0.29, 0.717) is 11.3 Å². The molecule has 0 aliphatic rings. The summed E-state index contributed by atoms with van der Waals surface area (Å²) in [5.41, 5.74) is 8.22. The van der Waals surface area contributed by atoms with Crippen LogP contribution in [-0.4, -0.2) is 0 Å². The average Bonchev–Trinajstić information content (AvgIpc) is 2.62. The zero-order valence-corrected chi connectivity index (χ0v) is 9.65. The first kappa shape index (κ1) is 9.50. The summed E-state index contributed by atoms with van der Waals surface area (Å²) in [5.74, 6) is 0. The van der Waals surface area contributed by atoms with E-state index in [1.54, 1.807) is 17.4 Å². The van der Waals surface area contributed by atoms with E-state index in [9.17, 15) is 0 Å². The summed E-state index contributed by atoms with van der Waals surface area (Å²) in [6.07, 6.45) is 0. The minimum Gasteiger partial charge on any atom is -0.397 e. The van der Waals surface area contributed by atoms with Crippen LogP contribution in [0.15, 0.2) is 17.5 Å². The van der Waals surface area contributed by atoms with Crippen LogP contribution < -0.4 is 5.73 Å². The lowest BCUT2D eigenvalue weighted by Crippen LogP contribution is -1.91. The third-order valence-corrected chi connectivity index (χ3v) is 3.72. The molecule has 4 heteroatoms. The first-order chi connectivity index (χ1) is 6.77. The topological polar surface area (TPSA) is 49.8 Å².